The number of hydrogen-bond acceptors (Lipinski definition) is 1. The van der Waals surface area contributed by atoms with Gasteiger partial charge in [0.15, 0.2) is 0 Å². The molecule has 1 aliphatic heterocycles. The van der Waals surface area contributed by atoms with Crippen LogP contribution in [0.5, 0.6) is 0 Å². The number of anilines is 2. The van der Waals surface area contributed by atoms with Crippen LogP contribution < -0.4 is 4.90 Å². The molecule has 1 aliphatic rings. The highest BCUT2D eigenvalue weighted by atomic mass is 19.4. The zero-order valence-corrected chi connectivity index (χ0v) is 17.4. The van der Waals surface area contributed by atoms with Gasteiger partial charge in [0.1, 0.15) is 0 Å². The molecule has 1 heterocycles. The van der Waals surface area contributed by atoms with Crippen LogP contribution in [0.3, 0.4) is 0 Å². The quantitative estimate of drug-likeness (QED) is 0.289. The topological polar surface area (TPSA) is 3.24 Å². The van der Waals surface area contributed by atoms with Crippen LogP contribution in [0.25, 0.3) is 21.5 Å². The van der Waals surface area contributed by atoms with E-state index in [4.69, 9.17) is 0 Å². The molecule has 1 nitrogen and oxygen atoms in total. The predicted molar refractivity (Wildman–Crippen MR) is 118 cm³/mol. The summed E-state index contributed by atoms with van der Waals surface area (Å²) in [5.41, 5.74) is 4.72. The minimum Gasteiger partial charge on any atom is -0.344 e. The average molecular weight is 405 g/mol. The van der Waals surface area contributed by atoms with E-state index < -0.39 is 11.7 Å². The molecule has 0 radical (unpaired) electrons. The predicted octanol–water partition coefficient (Wildman–Crippen LogP) is 7.73. The molecule has 0 saturated heterocycles. The Hall–Kier alpha value is -3.01. The van der Waals surface area contributed by atoms with Crippen molar-refractivity contribution in [3.8, 4) is 0 Å². The third-order valence-corrected chi connectivity index (χ3v) is 6.59. The number of alkyl halides is 3. The van der Waals surface area contributed by atoms with E-state index in [0.29, 0.717) is 5.39 Å². The summed E-state index contributed by atoms with van der Waals surface area (Å²) in [6, 6.07) is 18.5. The lowest BCUT2D eigenvalue weighted by atomic mass is 9.70. The van der Waals surface area contributed by atoms with Gasteiger partial charge in [0.05, 0.1) is 5.56 Å². The molecule has 0 unspecified atom stereocenters. The van der Waals surface area contributed by atoms with Gasteiger partial charge >= 0.3 is 6.18 Å². The molecular weight excluding hydrogens is 383 g/mol. The van der Waals surface area contributed by atoms with Crippen molar-refractivity contribution in [1.82, 2.24) is 0 Å². The zero-order valence-electron chi connectivity index (χ0n) is 17.4. The van der Waals surface area contributed by atoms with Crippen molar-refractivity contribution in [3.05, 3.63) is 82.9 Å². The van der Waals surface area contributed by atoms with Crippen molar-refractivity contribution < 1.29 is 13.2 Å². The number of halogens is 3. The SMILES string of the molecule is Cc1c2c(cc3ccccc13)N(C)c1cc3ccc(C(F)(F)F)cc3cc1C2(C)C. The highest BCUT2D eigenvalue weighted by Gasteiger charge is 2.37. The second-order valence-corrected chi connectivity index (χ2v) is 8.73. The zero-order chi connectivity index (χ0) is 21.4. The first-order valence-corrected chi connectivity index (χ1v) is 10.0. The van der Waals surface area contributed by atoms with Crippen LogP contribution in [-0.4, -0.2) is 7.05 Å². The van der Waals surface area contributed by atoms with Gasteiger partial charge in [0, 0.05) is 23.8 Å². The van der Waals surface area contributed by atoms with Crippen molar-refractivity contribution >= 4 is 32.9 Å². The van der Waals surface area contributed by atoms with Crippen molar-refractivity contribution in [2.45, 2.75) is 32.4 Å². The number of benzene rings is 4. The molecule has 4 heteroatoms. The third kappa shape index (κ3) is 2.56. The molecular formula is C26H22F3N. The lowest BCUT2D eigenvalue weighted by molar-refractivity contribution is -0.137. The monoisotopic (exact) mass is 405 g/mol. The van der Waals surface area contributed by atoms with Crippen molar-refractivity contribution in [1.29, 1.82) is 0 Å². The summed E-state index contributed by atoms with van der Waals surface area (Å²) in [4.78, 5) is 2.17. The molecule has 5 rings (SSSR count). The van der Waals surface area contributed by atoms with Gasteiger partial charge in [-0.3, -0.25) is 0 Å². The summed E-state index contributed by atoms with van der Waals surface area (Å²) >= 11 is 0. The maximum absolute atomic E-state index is 13.3. The molecule has 0 atom stereocenters. The van der Waals surface area contributed by atoms with Gasteiger partial charge in [0.25, 0.3) is 0 Å². The Morgan fingerprint density at radius 3 is 2.23 bits per heavy atom. The Morgan fingerprint density at radius 2 is 1.50 bits per heavy atom. The molecule has 0 bridgehead atoms. The van der Waals surface area contributed by atoms with Gasteiger partial charge in [-0.25, -0.2) is 0 Å². The van der Waals surface area contributed by atoms with Gasteiger partial charge in [-0.1, -0.05) is 44.2 Å². The van der Waals surface area contributed by atoms with E-state index in [-0.39, 0.29) is 5.41 Å². The maximum Gasteiger partial charge on any atom is 0.416 e. The first-order valence-electron chi connectivity index (χ1n) is 10.0. The fraction of sp³-hybridized carbons (Fsp3) is 0.231. The second-order valence-electron chi connectivity index (χ2n) is 8.73. The maximum atomic E-state index is 13.3. The molecule has 0 aliphatic carbocycles. The average Bonchev–Trinajstić information content (AvgIpc) is 2.70. The summed E-state index contributed by atoms with van der Waals surface area (Å²) in [5.74, 6) is 0. The fourth-order valence-corrected chi connectivity index (χ4v) is 5.07. The Bertz CT molecular complexity index is 1330. The number of hydrogen-bond donors (Lipinski definition) is 0. The van der Waals surface area contributed by atoms with Crippen molar-refractivity contribution in [2.75, 3.05) is 11.9 Å². The Kier molecular flexibility index (Phi) is 3.80. The highest BCUT2D eigenvalue weighted by Crippen LogP contribution is 2.52. The van der Waals surface area contributed by atoms with E-state index in [1.807, 2.05) is 31.3 Å². The minimum absolute atomic E-state index is 0.340. The lowest BCUT2D eigenvalue weighted by Gasteiger charge is -2.42. The number of fused-ring (bicyclic) bond motifs is 4. The molecule has 4 aromatic carbocycles. The molecule has 0 amide bonds. The summed E-state index contributed by atoms with van der Waals surface area (Å²) in [6.07, 6.45) is -4.35. The summed E-state index contributed by atoms with van der Waals surface area (Å²) in [7, 11) is 2.04. The van der Waals surface area contributed by atoms with Crippen molar-refractivity contribution in [3.63, 3.8) is 0 Å². The Balaban J connectivity index is 1.82. The number of aryl methyl sites for hydroxylation is 1. The van der Waals surface area contributed by atoms with Crippen molar-refractivity contribution in [2.24, 2.45) is 0 Å². The van der Waals surface area contributed by atoms with Crippen LogP contribution in [0.15, 0.2) is 60.7 Å². The van der Waals surface area contributed by atoms with Crippen LogP contribution in [0.1, 0.15) is 36.1 Å². The van der Waals surface area contributed by atoms with Gasteiger partial charge in [0.2, 0.25) is 0 Å². The first kappa shape index (κ1) is 19.0. The first-order chi connectivity index (χ1) is 14.1. The minimum atomic E-state index is -4.35. The van der Waals surface area contributed by atoms with E-state index in [0.717, 1.165) is 28.4 Å². The number of nitrogens with zero attached hydrogens (tertiary/aromatic N) is 1. The van der Waals surface area contributed by atoms with Crippen LogP contribution in [0.4, 0.5) is 24.5 Å². The lowest BCUT2D eigenvalue weighted by Crippen LogP contribution is -2.31. The van der Waals surface area contributed by atoms with E-state index in [2.05, 4.69) is 43.9 Å². The van der Waals surface area contributed by atoms with E-state index >= 15 is 0 Å². The number of rotatable bonds is 0. The normalized spacial score (nSPS) is 15.4. The van der Waals surface area contributed by atoms with Crippen LogP contribution in [-0.2, 0) is 11.6 Å². The van der Waals surface area contributed by atoms with E-state index in [1.54, 1.807) is 6.07 Å². The van der Waals surface area contributed by atoms with Gasteiger partial charge in [-0.15, -0.1) is 0 Å². The third-order valence-electron chi connectivity index (χ3n) is 6.59. The Labute approximate surface area is 173 Å². The summed E-state index contributed by atoms with van der Waals surface area (Å²) in [6.45, 7) is 6.47. The van der Waals surface area contributed by atoms with E-state index in [1.165, 1.54) is 28.0 Å². The van der Waals surface area contributed by atoms with Gasteiger partial charge in [-0.05, 0) is 75.5 Å². The molecule has 0 spiro atoms. The summed E-state index contributed by atoms with van der Waals surface area (Å²) in [5, 5.41) is 3.83. The molecule has 0 aromatic heterocycles. The molecule has 0 fully saturated rings. The summed E-state index contributed by atoms with van der Waals surface area (Å²) < 4.78 is 39.8. The van der Waals surface area contributed by atoms with Gasteiger partial charge < -0.3 is 4.90 Å². The van der Waals surface area contributed by atoms with Crippen LogP contribution in [0, 0.1) is 6.92 Å². The smallest absolute Gasteiger partial charge is 0.344 e. The largest absolute Gasteiger partial charge is 0.416 e. The second kappa shape index (κ2) is 6.00. The molecule has 152 valence electrons. The standard InChI is InChI=1S/C26H22F3N/c1-15-20-8-6-5-7-17(20)14-23-24(15)25(2,3)21-12-18-11-19(26(27,28)29)10-9-16(18)13-22(21)30(23)4/h5-14H,1-4H3. The molecule has 4 aromatic rings. The molecule has 30 heavy (non-hydrogen) atoms. The van der Waals surface area contributed by atoms with Crippen LogP contribution in [0.2, 0.25) is 0 Å². The molecule has 0 saturated carbocycles. The van der Waals surface area contributed by atoms with E-state index in [9.17, 15) is 13.2 Å². The highest BCUT2D eigenvalue weighted by molar-refractivity contribution is 5.97. The van der Waals surface area contributed by atoms with Crippen LogP contribution >= 0.6 is 0 Å². The Morgan fingerprint density at radius 1 is 0.800 bits per heavy atom. The fourth-order valence-electron chi connectivity index (χ4n) is 5.07. The van der Waals surface area contributed by atoms with Gasteiger partial charge in [-0.2, -0.15) is 13.2 Å². The molecule has 0 N–H and O–H groups in total.